The highest BCUT2D eigenvalue weighted by Crippen LogP contribution is 2.22. The van der Waals surface area contributed by atoms with Gasteiger partial charge in [0.15, 0.2) is 11.5 Å². The van der Waals surface area contributed by atoms with E-state index in [1.807, 2.05) is 36.4 Å². The average Bonchev–Trinajstić information content (AvgIpc) is 2.98. The normalized spacial score (nSPS) is 11.0. The molecule has 29 heavy (non-hydrogen) atoms. The average molecular weight is 408 g/mol. The van der Waals surface area contributed by atoms with E-state index in [2.05, 4.69) is 33.1 Å². The Bertz CT molecular complexity index is 1200. The maximum Gasteiger partial charge on any atom is 0.340 e. The zero-order valence-corrected chi connectivity index (χ0v) is 16.9. The van der Waals surface area contributed by atoms with Crippen molar-refractivity contribution in [1.82, 2.24) is 23.5 Å². The van der Waals surface area contributed by atoms with Crippen molar-refractivity contribution in [3.05, 3.63) is 76.2 Å². The molecule has 9 heteroatoms. The third-order valence-corrected chi connectivity index (χ3v) is 4.91. The van der Waals surface area contributed by atoms with E-state index in [9.17, 15) is 4.79 Å². The predicted octanol–water partition coefficient (Wildman–Crippen LogP) is 2.66. The number of aromatic nitrogens is 5. The molecule has 4 aromatic rings. The van der Waals surface area contributed by atoms with Crippen LogP contribution in [0.15, 0.2) is 53.6 Å². The molecule has 0 unspecified atom stereocenters. The summed E-state index contributed by atoms with van der Waals surface area (Å²) in [7, 11) is 1.63. The molecule has 0 fully saturated rings. The molecule has 3 aromatic heterocycles. The zero-order chi connectivity index (χ0) is 20.4. The summed E-state index contributed by atoms with van der Waals surface area (Å²) in [4.78, 5) is 25.9. The lowest BCUT2D eigenvalue weighted by Crippen LogP contribution is -2.21. The van der Waals surface area contributed by atoms with Crippen molar-refractivity contribution in [2.24, 2.45) is 0 Å². The summed E-state index contributed by atoms with van der Waals surface area (Å²) in [6.07, 6.45) is 3.42. The van der Waals surface area contributed by atoms with Crippen molar-refractivity contribution in [3.63, 3.8) is 0 Å². The molecular weight excluding hydrogens is 388 g/mol. The van der Waals surface area contributed by atoms with Crippen molar-refractivity contribution < 1.29 is 4.74 Å². The van der Waals surface area contributed by atoms with E-state index in [4.69, 9.17) is 4.74 Å². The van der Waals surface area contributed by atoms with E-state index in [1.54, 1.807) is 31.0 Å². The van der Waals surface area contributed by atoms with Gasteiger partial charge in [0.2, 0.25) is 0 Å². The van der Waals surface area contributed by atoms with E-state index in [1.165, 1.54) is 3.97 Å². The van der Waals surface area contributed by atoms with Crippen LogP contribution in [0.5, 0.6) is 5.75 Å². The van der Waals surface area contributed by atoms with Gasteiger partial charge in [-0.25, -0.2) is 18.7 Å². The third-order valence-electron chi connectivity index (χ3n) is 4.54. The predicted molar refractivity (Wildman–Crippen MR) is 115 cm³/mol. The maximum absolute atomic E-state index is 12.8. The minimum atomic E-state index is -0.278. The number of nitrogens with one attached hydrogen (secondary N) is 1. The van der Waals surface area contributed by atoms with Crippen LogP contribution in [0.4, 0.5) is 5.82 Å². The molecule has 0 atom stereocenters. The van der Waals surface area contributed by atoms with E-state index >= 15 is 0 Å². The summed E-state index contributed by atoms with van der Waals surface area (Å²) >= 11 is 4.39. The molecule has 8 nitrogen and oxygen atoms in total. The summed E-state index contributed by atoms with van der Waals surface area (Å²) in [5.41, 5.74) is 2.75. The first-order valence-electron chi connectivity index (χ1n) is 9.01. The Hall–Kier alpha value is -3.33. The summed E-state index contributed by atoms with van der Waals surface area (Å²) in [5.74, 6) is 1.92. The number of aryl methyl sites for hydroxylation is 1. The highest BCUT2D eigenvalue weighted by atomic mass is 32.1. The molecule has 0 aliphatic heterocycles. The molecule has 1 aromatic carbocycles. The molecule has 0 aliphatic carbocycles. The van der Waals surface area contributed by atoms with Gasteiger partial charge >= 0.3 is 5.69 Å². The second kappa shape index (κ2) is 7.96. The van der Waals surface area contributed by atoms with Crippen molar-refractivity contribution in [2.45, 2.75) is 20.0 Å². The van der Waals surface area contributed by atoms with E-state index in [-0.39, 0.29) is 5.69 Å². The topological polar surface area (TPSA) is 86.9 Å². The van der Waals surface area contributed by atoms with Gasteiger partial charge in [-0.2, -0.15) is 0 Å². The molecule has 3 heterocycles. The number of nitrogens with zero attached hydrogens (tertiary/aromatic N) is 5. The fraction of sp³-hybridized carbons (Fsp3) is 0.200. The van der Waals surface area contributed by atoms with Crippen LogP contribution in [0.3, 0.4) is 0 Å². The van der Waals surface area contributed by atoms with Crippen molar-refractivity contribution in [2.75, 3.05) is 12.4 Å². The van der Waals surface area contributed by atoms with Crippen molar-refractivity contribution in [1.29, 1.82) is 0 Å². The number of anilines is 1. The molecule has 0 radical (unpaired) electrons. The Morgan fingerprint density at radius 2 is 1.93 bits per heavy atom. The van der Waals surface area contributed by atoms with Gasteiger partial charge < -0.3 is 10.1 Å². The van der Waals surface area contributed by atoms with Gasteiger partial charge in [0.25, 0.3) is 0 Å². The second-order valence-corrected chi connectivity index (χ2v) is 6.94. The van der Waals surface area contributed by atoms with Crippen LogP contribution in [-0.4, -0.2) is 30.6 Å². The first kappa shape index (κ1) is 19.0. The number of imidazole rings is 1. The molecule has 0 saturated carbocycles. The first-order valence-corrected chi connectivity index (χ1v) is 9.41. The van der Waals surface area contributed by atoms with Crippen LogP contribution >= 0.6 is 12.8 Å². The lowest BCUT2D eigenvalue weighted by molar-refractivity contribution is 0.414. The number of benzene rings is 1. The molecule has 1 N–H and O–H groups in total. The fourth-order valence-corrected chi connectivity index (χ4v) is 3.40. The van der Waals surface area contributed by atoms with Crippen LogP contribution in [0.25, 0.3) is 11.2 Å². The quantitative estimate of drug-likeness (QED) is 0.477. The van der Waals surface area contributed by atoms with Gasteiger partial charge in [0.1, 0.15) is 17.1 Å². The van der Waals surface area contributed by atoms with Gasteiger partial charge in [-0.15, -0.1) is 0 Å². The van der Waals surface area contributed by atoms with E-state index < -0.39 is 0 Å². The molecule has 0 saturated heterocycles. The SMILES string of the molecule is COc1ccc(CNc2nc(C)nc3c2n(S)c(=O)n3Cc2cccnc2)cc1. The monoisotopic (exact) mass is 408 g/mol. The van der Waals surface area contributed by atoms with Crippen LogP contribution in [-0.2, 0) is 13.1 Å². The Kier molecular flexibility index (Phi) is 5.22. The lowest BCUT2D eigenvalue weighted by atomic mass is 10.2. The first-order chi connectivity index (χ1) is 14.1. The molecule has 4 rings (SSSR count). The summed E-state index contributed by atoms with van der Waals surface area (Å²) < 4.78 is 8.04. The Morgan fingerprint density at radius 1 is 1.14 bits per heavy atom. The van der Waals surface area contributed by atoms with Gasteiger partial charge in [0, 0.05) is 18.9 Å². The van der Waals surface area contributed by atoms with Gasteiger partial charge in [-0.1, -0.05) is 31.0 Å². The van der Waals surface area contributed by atoms with Crippen LogP contribution < -0.4 is 15.7 Å². The number of thiol groups is 1. The smallest absolute Gasteiger partial charge is 0.340 e. The van der Waals surface area contributed by atoms with Crippen molar-refractivity contribution in [3.8, 4) is 5.75 Å². The number of methoxy groups -OCH3 is 1. The van der Waals surface area contributed by atoms with E-state index in [0.29, 0.717) is 35.9 Å². The van der Waals surface area contributed by atoms with Crippen molar-refractivity contribution >= 4 is 29.8 Å². The third kappa shape index (κ3) is 3.81. The fourth-order valence-electron chi connectivity index (χ4n) is 3.10. The van der Waals surface area contributed by atoms with Crippen LogP contribution in [0, 0.1) is 6.92 Å². The van der Waals surface area contributed by atoms with Crippen LogP contribution in [0.1, 0.15) is 17.0 Å². The molecule has 0 bridgehead atoms. The molecule has 148 valence electrons. The molecule has 0 aliphatic rings. The minimum absolute atomic E-state index is 0.278. The number of ether oxygens (including phenoxy) is 1. The Balaban J connectivity index is 1.71. The molecule has 0 amide bonds. The largest absolute Gasteiger partial charge is 0.497 e. The zero-order valence-electron chi connectivity index (χ0n) is 16.0. The second-order valence-electron chi connectivity index (χ2n) is 6.54. The number of hydrogen-bond donors (Lipinski definition) is 2. The highest BCUT2D eigenvalue weighted by Gasteiger charge is 2.18. The minimum Gasteiger partial charge on any atom is -0.497 e. The van der Waals surface area contributed by atoms with Gasteiger partial charge in [-0.05, 0) is 36.2 Å². The summed E-state index contributed by atoms with van der Waals surface area (Å²) in [5, 5.41) is 3.30. The maximum atomic E-state index is 12.8. The standard InChI is InChI=1S/C20H20N6O2S/c1-13-23-18(22-11-14-5-7-16(28-2)8-6-14)17-19(24-13)25(20(27)26(17)29)12-15-4-3-9-21-10-15/h3-10,29H,11-12H2,1-2H3,(H,22,23,24). The van der Waals surface area contributed by atoms with Gasteiger partial charge in [0.05, 0.1) is 13.7 Å². The van der Waals surface area contributed by atoms with E-state index in [0.717, 1.165) is 16.9 Å². The molecular formula is C20H20N6O2S. The lowest BCUT2D eigenvalue weighted by Gasteiger charge is -2.09. The summed E-state index contributed by atoms with van der Waals surface area (Å²) in [6.45, 7) is 2.68. The molecule has 0 spiro atoms. The van der Waals surface area contributed by atoms with Gasteiger partial charge in [-0.3, -0.25) is 9.55 Å². The number of hydrogen-bond acceptors (Lipinski definition) is 7. The number of rotatable bonds is 6. The number of pyridine rings is 1. The summed E-state index contributed by atoms with van der Waals surface area (Å²) in [6, 6.07) is 11.5. The highest BCUT2D eigenvalue weighted by molar-refractivity contribution is 7.78. The number of fused-ring (bicyclic) bond motifs is 1. The Morgan fingerprint density at radius 3 is 2.62 bits per heavy atom. The van der Waals surface area contributed by atoms with Crippen LogP contribution in [0.2, 0.25) is 0 Å². The Labute approximate surface area is 172 Å².